The first-order chi connectivity index (χ1) is 11.4. The Balaban J connectivity index is 2.23. The fourth-order valence-corrected chi connectivity index (χ4v) is 2.45. The maximum Gasteiger partial charge on any atom is 0.200 e. The maximum absolute atomic E-state index is 14.0. The standard InChI is InChI=1S/C18H10F5N/c1-9-4-2-3-5-11(9)12-8-10(6-7-24-12)13-14(19)16(21)18(23)17(22)15(13)20/h2-8H,1H3. The van der Waals surface area contributed by atoms with Gasteiger partial charge in [-0.25, -0.2) is 22.0 Å². The summed E-state index contributed by atoms with van der Waals surface area (Å²) in [5.74, 6) is -9.86. The molecule has 0 aliphatic heterocycles. The summed E-state index contributed by atoms with van der Waals surface area (Å²) in [6, 6.07) is 9.63. The summed E-state index contributed by atoms with van der Waals surface area (Å²) in [5, 5.41) is 0. The predicted octanol–water partition coefficient (Wildman–Crippen LogP) is 5.42. The van der Waals surface area contributed by atoms with Gasteiger partial charge in [-0.3, -0.25) is 4.98 Å². The fourth-order valence-electron chi connectivity index (χ4n) is 2.45. The molecule has 0 fully saturated rings. The highest BCUT2D eigenvalue weighted by molar-refractivity contribution is 5.72. The summed E-state index contributed by atoms with van der Waals surface area (Å²) in [6.45, 7) is 1.82. The average Bonchev–Trinajstić information content (AvgIpc) is 2.59. The van der Waals surface area contributed by atoms with Crippen LogP contribution in [0, 0.1) is 36.0 Å². The summed E-state index contributed by atoms with van der Waals surface area (Å²) in [4.78, 5) is 4.11. The Hall–Kier alpha value is -2.76. The zero-order valence-electron chi connectivity index (χ0n) is 12.4. The number of nitrogens with zero attached hydrogens (tertiary/aromatic N) is 1. The monoisotopic (exact) mass is 335 g/mol. The second-order valence-corrected chi connectivity index (χ2v) is 5.19. The Bertz CT molecular complexity index is 908. The molecule has 6 heteroatoms. The Morgan fingerprint density at radius 2 is 1.33 bits per heavy atom. The zero-order valence-corrected chi connectivity index (χ0v) is 12.4. The van der Waals surface area contributed by atoms with E-state index in [1.807, 2.05) is 19.1 Å². The molecule has 0 atom stereocenters. The molecule has 0 radical (unpaired) electrons. The Labute approximate surface area is 134 Å². The number of aryl methyl sites for hydroxylation is 1. The van der Waals surface area contributed by atoms with E-state index in [0.29, 0.717) is 11.3 Å². The Morgan fingerprint density at radius 1 is 0.750 bits per heavy atom. The first-order valence-electron chi connectivity index (χ1n) is 6.95. The SMILES string of the molecule is Cc1ccccc1-c1cc(-c2c(F)c(F)c(F)c(F)c2F)ccn1. The third kappa shape index (κ3) is 2.54. The second-order valence-electron chi connectivity index (χ2n) is 5.19. The smallest absolute Gasteiger partial charge is 0.200 e. The van der Waals surface area contributed by atoms with E-state index in [1.54, 1.807) is 12.1 Å². The largest absolute Gasteiger partial charge is 0.256 e. The van der Waals surface area contributed by atoms with Crippen LogP contribution in [0.5, 0.6) is 0 Å². The molecular weight excluding hydrogens is 325 g/mol. The number of aromatic nitrogens is 1. The van der Waals surface area contributed by atoms with E-state index in [2.05, 4.69) is 4.98 Å². The Kier molecular flexibility index (Phi) is 4.05. The number of pyridine rings is 1. The van der Waals surface area contributed by atoms with E-state index in [0.717, 1.165) is 5.56 Å². The van der Waals surface area contributed by atoms with Gasteiger partial charge in [-0.1, -0.05) is 24.3 Å². The third-order valence-electron chi connectivity index (χ3n) is 3.68. The molecular formula is C18H10F5N. The quantitative estimate of drug-likeness (QED) is 0.346. The van der Waals surface area contributed by atoms with Crippen molar-refractivity contribution >= 4 is 0 Å². The highest BCUT2D eigenvalue weighted by Gasteiger charge is 2.26. The zero-order chi connectivity index (χ0) is 17.4. The molecule has 1 heterocycles. The van der Waals surface area contributed by atoms with Crippen LogP contribution in [-0.4, -0.2) is 4.98 Å². The summed E-state index contributed by atoms with van der Waals surface area (Å²) in [7, 11) is 0. The van der Waals surface area contributed by atoms with Gasteiger partial charge in [0, 0.05) is 11.8 Å². The minimum Gasteiger partial charge on any atom is -0.256 e. The van der Waals surface area contributed by atoms with Crippen molar-refractivity contribution in [2.75, 3.05) is 0 Å². The lowest BCUT2D eigenvalue weighted by molar-refractivity contribution is 0.381. The van der Waals surface area contributed by atoms with Crippen molar-refractivity contribution in [1.29, 1.82) is 0 Å². The maximum atomic E-state index is 14.0. The molecule has 2 aromatic carbocycles. The van der Waals surface area contributed by atoms with Gasteiger partial charge >= 0.3 is 0 Å². The number of hydrogen-bond acceptors (Lipinski definition) is 1. The summed E-state index contributed by atoms with van der Waals surface area (Å²) in [5.41, 5.74) is 0.817. The van der Waals surface area contributed by atoms with Crippen molar-refractivity contribution in [3.8, 4) is 22.4 Å². The van der Waals surface area contributed by atoms with Crippen molar-refractivity contribution in [3.05, 3.63) is 77.2 Å². The highest BCUT2D eigenvalue weighted by Crippen LogP contribution is 2.33. The number of benzene rings is 2. The van der Waals surface area contributed by atoms with E-state index >= 15 is 0 Å². The average molecular weight is 335 g/mol. The van der Waals surface area contributed by atoms with Gasteiger partial charge < -0.3 is 0 Å². The van der Waals surface area contributed by atoms with Crippen LogP contribution in [0.1, 0.15) is 5.56 Å². The van der Waals surface area contributed by atoms with E-state index in [4.69, 9.17) is 0 Å². The molecule has 0 saturated heterocycles. The van der Waals surface area contributed by atoms with Gasteiger partial charge in [-0.2, -0.15) is 0 Å². The van der Waals surface area contributed by atoms with Gasteiger partial charge in [-0.05, 0) is 30.2 Å². The molecule has 0 amide bonds. The number of hydrogen-bond donors (Lipinski definition) is 0. The van der Waals surface area contributed by atoms with Crippen molar-refractivity contribution in [3.63, 3.8) is 0 Å². The molecule has 3 aromatic rings. The molecule has 1 aromatic heterocycles. The molecule has 3 rings (SSSR count). The molecule has 0 aliphatic carbocycles. The van der Waals surface area contributed by atoms with Crippen LogP contribution in [0.15, 0.2) is 42.6 Å². The van der Waals surface area contributed by atoms with Gasteiger partial charge in [-0.15, -0.1) is 0 Å². The Morgan fingerprint density at radius 3 is 1.96 bits per heavy atom. The minimum absolute atomic E-state index is 0.143. The van der Waals surface area contributed by atoms with E-state index < -0.39 is 34.6 Å². The lowest BCUT2D eigenvalue weighted by Gasteiger charge is -2.10. The third-order valence-corrected chi connectivity index (χ3v) is 3.68. The van der Waals surface area contributed by atoms with Crippen molar-refractivity contribution in [2.45, 2.75) is 6.92 Å². The van der Waals surface area contributed by atoms with Gasteiger partial charge in [0.2, 0.25) is 5.82 Å². The van der Waals surface area contributed by atoms with Gasteiger partial charge in [0.1, 0.15) is 0 Å². The molecule has 24 heavy (non-hydrogen) atoms. The van der Waals surface area contributed by atoms with E-state index in [9.17, 15) is 22.0 Å². The summed E-state index contributed by atoms with van der Waals surface area (Å²) >= 11 is 0. The molecule has 122 valence electrons. The molecule has 0 N–H and O–H groups in total. The molecule has 0 aliphatic rings. The minimum atomic E-state index is -2.18. The van der Waals surface area contributed by atoms with Gasteiger partial charge in [0.05, 0.1) is 11.3 Å². The summed E-state index contributed by atoms with van der Waals surface area (Å²) in [6.07, 6.45) is 1.26. The van der Waals surface area contributed by atoms with Crippen molar-refractivity contribution in [2.24, 2.45) is 0 Å². The van der Waals surface area contributed by atoms with Gasteiger partial charge in [0.25, 0.3) is 0 Å². The van der Waals surface area contributed by atoms with E-state index in [1.165, 1.54) is 18.3 Å². The number of halogens is 5. The molecule has 0 unspecified atom stereocenters. The lowest BCUT2D eigenvalue weighted by Crippen LogP contribution is -2.04. The van der Waals surface area contributed by atoms with Crippen LogP contribution in [0.25, 0.3) is 22.4 Å². The molecule has 1 nitrogen and oxygen atoms in total. The normalized spacial score (nSPS) is 10.9. The van der Waals surface area contributed by atoms with Gasteiger partial charge in [0.15, 0.2) is 23.3 Å². The lowest BCUT2D eigenvalue weighted by atomic mass is 10.00. The van der Waals surface area contributed by atoms with Crippen LogP contribution in [-0.2, 0) is 0 Å². The van der Waals surface area contributed by atoms with E-state index in [-0.39, 0.29) is 5.56 Å². The predicted molar refractivity (Wildman–Crippen MR) is 79.6 cm³/mol. The number of rotatable bonds is 2. The van der Waals surface area contributed by atoms with Crippen molar-refractivity contribution in [1.82, 2.24) is 4.98 Å². The van der Waals surface area contributed by atoms with Crippen LogP contribution >= 0.6 is 0 Å². The summed E-state index contributed by atoms with van der Waals surface area (Å²) < 4.78 is 67.9. The first-order valence-corrected chi connectivity index (χ1v) is 6.95. The van der Waals surface area contributed by atoms with Crippen LogP contribution in [0.2, 0.25) is 0 Å². The topological polar surface area (TPSA) is 12.9 Å². The highest BCUT2D eigenvalue weighted by atomic mass is 19.2. The molecule has 0 spiro atoms. The molecule has 0 bridgehead atoms. The fraction of sp³-hybridized carbons (Fsp3) is 0.0556. The van der Waals surface area contributed by atoms with Crippen LogP contribution in [0.4, 0.5) is 22.0 Å². The van der Waals surface area contributed by atoms with Crippen LogP contribution in [0.3, 0.4) is 0 Å². The first kappa shape index (κ1) is 16.1. The second kappa shape index (κ2) is 6.03. The molecule has 0 saturated carbocycles. The van der Waals surface area contributed by atoms with Crippen molar-refractivity contribution < 1.29 is 22.0 Å². The van der Waals surface area contributed by atoms with Crippen LogP contribution < -0.4 is 0 Å².